The minimum absolute atomic E-state index is 0.110. The summed E-state index contributed by atoms with van der Waals surface area (Å²) in [6, 6.07) is 15.1. The molecule has 0 N–H and O–H groups in total. The monoisotopic (exact) mass is 725 g/mol. The maximum atomic E-state index is 15.1. The van der Waals surface area contributed by atoms with Crippen LogP contribution in [0.3, 0.4) is 0 Å². The van der Waals surface area contributed by atoms with Crippen molar-refractivity contribution in [2.24, 2.45) is 5.92 Å². The van der Waals surface area contributed by atoms with E-state index in [0.29, 0.717) is 44.8 Å². The van der Waals surface area contributed by atoms with Crippen LogP contribution in [-0.4, -0.2) is 61.9 Å². The van der Waals surface area contributed by atoms with Gasteiger partial charge in [-0.1, -0.05) is 47.5 Å². The average Bonchev–Trinajstić information content (AvgIpc) is 3.13. The molecule has 0 unspecified atom stereocenters. The molecule has 0 aliphatic carbocycles. The minimum atomic E-state index is -1.18. The van der Waals surface area contributed by atoms with Gasteiger partial charge in [-0.2, -0.15) is 0 Å². The van der Waals surface area contributed by atoms with E-state index >= 15 is 4.39 Å². The number of esters is 1. The summed E-state index contributed by atoms with van der Waals surface area (Å²) in [6.07, 6.45) is 2.78. The summed E-state index contributed by atoms with van der Waals surface area (Å²) >= 11 is 12.9. The van der Waals surface area contributed by atoms with E-state index in [2.05, 4.69) is 9.88 Å². The molecule has 262 valence electrons. The largest absolute Gasteiger partial charge is 0.493 e. The third kappa shape index (κ3) is 7.80. The number of amides is 1. The molecule has 7 rings (SSSR count). The molecule has 3 fully saturated rings. The molecule has 50 heavy (non-hydrogen) atoms. The fourth-order valence-corrected chi connectivity index (χ4v) is 6.98. The number of halogens is 4. The lowest BCUT2D eigenvalue weighted by atomic mass is 9.86. The summed E-state index contributed by atoms with van der Waals surface area (Å²) < 4.78 is 52.4. The van der Waals surface area contributed by atoms with Crippen LogP contribution in [0.15, 0.2) is 73.1 Å². The minimum Gasteiger partial charge on any atom is -0.493 e. The average molecular weight is 727 g/mol. The van der Waals surface area contributed by atoms with E-state index in [9.17, 15) is 14.0 Å². The number of piperidine rings is 3. The van der Waals surface area contributed by atoms with Crippen LogP contribution in [0, 0.1) is 17.6 Å². The number of aromatic nitrogens is 1. The van der Waals surface area contributed by atoms with E-state index in [4.69, 9.17) is 42.1 Å². The number of nitrogens with zero attached hydrogens (tertiary/aromatic N) is 3. The summed E-state index contributed by atoms with van der Waals surface area (Å²) in [7, 11) is 3.01. The third-order valence-electron chi connectivity index (χ3n) is 9.16. The van der Waals surface area contributed by atoms with Gasteiger partial charge in [0.1, 0.15) is 12.2 Å². The summed E-state index contributed by atoms with van der Waals surface area (Å²) in [5.41, 5.74) is 1.45. The Hall–Kier alpha value is -4.45. The highest BCUT2D eigenvalue weighted by molar-refractivity contribution is 6.35. The molecule has 0 spiro atoms. The Kier molecular flexibility index (Phi) is 11.1. The first kappa shape index (κ1) is 35.4. The van der Waals surface area contributed by atoms with Crippen molar-refractivity contribution in [1.82, 2.24) is 9.88 Å². The van der Waals surface area contributed by atoms with Crippen LogP contribution in [0.4, 0.5) is 19.3 Å². The van der Waals surface area contributed by atoms with Crippen LogP contribution in [0.5, 0.6) is 11.5 Å². The first-order valence-electron chi connectivity index (χ1n) is 16.1. The fourth-order valence-electron chi connectivity index (χ4n) is 6.46. The number of anilines is 1. The first-order chi connectivity index (χ1) is 24.1. The molecule has 4 aromatic rings. The molecule has 1 amide bonds. The standard InChI is InChI=1S/C37H35Cl2F2N3O6/c1-47-31-10-9-24(16-33(31)48-2)32(17-26-27(38)18-42-19-28(26)39)49-36(45)25-6-3-5-22(15-25)20-44(30-8-4-7-29(40)35(30)41)37(46)50-34-21-43-13-11-23(34)12-14-43/h3-10,15-16,18-19,23,32,34H,11-14,17,20-21H2,1-2H3/t32-,34-/m0/s1. The molecule has 3 aromatic carbocycles. The van der Waals surface area contributed by atoms with E-state index in [-0.39, 0.29) is 36.2 Å². The highest BCUT2D eigenvalue weighted by atomic mass is 35.5. The summed E-state index contributed by atoms with van der Waals surface area (Å²) in [5, 5.41) is 0.603. The van der Waals surface area contributed by atoms with Crippen molar-refractivity contribution in [3.8, 4) is 11.5 Å². The smallest absolute Gasteiger partial charge is 0.415 e. The van der Waals surface area contributed by atoms with Gasteiger partial charge in [-0.05, 0) is 84.9 Å². The Morgan fingerprint density at radius 1 is 0.960 bits per heavy atom. The molecule has 0 radical (unpaired) electrons. The molecule has 9 nitrogen and oxygen atoms in total. The van der Waals surface area contributed by atoms with Crippen molar-refractivity contribution in [1.29, 1.82) is 0 Å². The number of ether oxygens (including phenoxy) is 4. The third-order valence-corrected chi connectivity index (χ3v) is 9.82. The van der Waals surface area contributed by atoms with E-state index in [0.717, 1.165) is 36.9 Å². The molecule has 1 aromatic heterocycles. The molecular weight excluding hydrogens is 691 g/mol. The number of carbonyl (C=O) groups is 2. The molecule has 13 heteroatoms. The van der Waals surface area contributed by atoms with Crippen molar-refractivity contribution in [2.75, 3.05) is 38.8 Å². The van der Waals surface area contributed by atoms with Crippen LogP contribution in [0.1, 0.15) is 46.0 Å². The van der Waals surface area contributed by atoms with Gasteiger partial charge in [-0.15, -0.1) is 0 Å². The quantitative estimate of drug-likeness (QED) is 0.144. The van der Waals surface area contributed by atoms with Crippen LogP contribution in [-0.2, 0) is 22.4 Å². The van der Waals surface area contributed by atoms with E-state index < -0.39 is 29.8 Å². The molecule has 3 aliphatic rings. The van der Waals surface area contributed by atoms with Gasteiger partial charge >= 0.3 is 12.1 Å². The SMILES string of the molecule is COc1ccc([C@H](Cc2c(Cl)cncc2Cl)OC(=O)c2cccc(CN(C(=O)O[C@H]3CN4CCC3CC4)c3cccc(F)c3F)c2)cc1OC. The first-order valence-corrected chi connectivity index (χ1v) is 16.8. The van der Waals surface area contributed by atoms with Crippen molar-refractivity contribution in [3.05, 3.63) is 117 Å². The van der Waals surface area contributed by atoms with Gasteiger partial charge < -0.3 is 18.9 Å². The molecule has 3 aliphatic heterocycles. The van der Waals surface area contributed by atoms with E-state index in [1.807, 2.05) is 0 Å². The highest BCUT2D eigenvalue weighted by Crippen LogP contribution is 2.36. The lowest BCUT2D eigenvalue weighted by Gasteiger charge is -2.44. The maximum Gasteiger partial charge on any atom is 0.415 e. The number of benzene rings is 3. The lowest BCUT2D eigenvalue weighted by Crippen LogP contribution is -2.53. The predicted octanol–water partition coefficient (Wildman–Crippen LogP) is 8.06. The summed E-state index contributed by atoms with van der Waals surface area (Å²) in [6.45, 7) is 2.27. The number of hydrogen-bond donors (Lipinski definition) is 0. The second-order valence-electron chi connectivity index (χ2n) is 12.2. The number of hydrogen-bond acceptors (Lipinski definition) is 8. The molecular formula is C37H35Cl2F2N3O6. The van der Waals surface area contributed by atoms with Gasteiger partial charge in [0.15, 0.2) is 23.1 Å². The second-order valence-corrected chi connectivity index (χ2v) is 13.0. The normalized spacial score (nSPS) is 18.6. The van der Waals surface area contributed by atoms with Gasteiger partial charge in [-0.3, -0.25) is 14.8 Å². The van der Waals surface area contributed by atoms with Crippen LogP contribution in [0.25, 0.3) is 0 Å². The number of carbonyl (C=O) groups excluding carboxylic acids is 2. The van der Waals surface area contributed by atoms with Crippen LogP contribution in [0.2, 0.25) is 10.0 Å². The maximum absolute atomic E-state index is 15.1. The lowest BCUT2D eigenvalue weighted by molar-refractivity contribution is -0.0311. The number of pyridine rings is 1. The van der Waals surface area contributed by atoms with Crippen LogP contribution >= 0.6 is 23.2 Å². The Labute approximate surface area is 298 Å². The van der Waals surface area contributed by atoms with E-state index in [1.54, 1.807) is 36.4 Å². The molecule has 4 heterocycles. The van der Waals surface area contributed by atoms with Gasteiger partial charge in [0.2, 0.25) is 0 Å². The van der Waals surface area contributed by atoms with Crippen molar-refractivity contribution >= 4 is 41.0 Å². The Morgan fingerprint density at radius 3 is 2.36 bits per heavy atom. The highest BCUT2D eigenvalue weighted by Gasteiger charge is 2.38. The van der Waals surface area contributed by atoms with Crippen LogP contribution < -0.4 is 14.4 Å². The zero-order valence-corrected chi connectivity index (χ0v) is 28.9. The zero-order valence-electron chi connectivity index (χ0n) is 27.4. The van der Waals surface area contributed by atoms with Gasteiger partial charge in [0.05, 0.1) is 42.1 Å². The Morgan fingerprint density at radius 2 is 1.68 bits per heavy atom. The predicted molar refractivity (Wildman–Crippen MR) is 184 cm³/mol. The fraction of sp³-hybridized carbons (Fsp3) is 0.324. The number of rotatable bonds is 11. The molecule has 0 saturated carbocycles. The number of fused-ring (bicyclic) bond motifs is 3. The summed E-state index contributed by atoms with van der Waals surface area (Å²) in [5.74, 6) is -1.85. The van der Waals surface area contributed by atoms with Gasteiger partial charge in [0.25, 0.3) is 0 Å². The molecule has 2 bridgehead atoms. The number of methoxy groups -OCH3 is 2. The van der Waals surface area contributed by atoms with Crippen molar-refractivity contribution in [2.45, 2.75) is 38.0 Å². The Bertz CT molecular complexity index is 1850. The van der Waals surface area contributed by atoms with Gasteiger partial charge in [-0.25, -0.2) is 18.4 Å². The van der Waals surface area contributed by atoms with Gasteiger partial charge in [0, 0.05) is 25.4 Å². The zero-order chi connectivity index (χ0) is 35.4. The summed E-state index contributed by atoms with van der Waals surface area (Å²) in [4.78, 5) is 34.7. The van der Waals surface area contributed by atoms with E-state index in [1.165, 1.54) is 44.8 Å². The Balaban J connectivity index is 1.27. The van der Waals surface area contributed by atoms with Crippen molar-refractivity contribution in [3.63, 3.8) is 0 Å². The molecule has 2 atom stereocenters. The molecule has 3 saturated heterocycles. The van der Waals surface area contributed by atoms with Crippen molar-refractivity contribution < 1.29 is 37.3 Å². The second kappa shape index (κ2) is 15.6. The topological polar surface area (TPSA) is 90.4 Å².